The zero-order chi connectivity index (χ0) is 16.3. The lowest BCUT2D eigenvalue weighted by atomic mass is 10.2. The van der Waals surface area contributed by atoms with Crippen LogP contribution in [0.1, 0.15) is 12.0 Å². The predicted octanol–water partition coefficient (Wildman–Crippen LogP) is 1.55. The normalized spacial score (nSPS) is 11.5. The number of nitrogen functional groups attached to an aromatic ring is 1. The summed E-state index contributed by atoms with van der Waals surface area (Å²) in [5.41, 5.74) is 6.19. The van der Waals surface area contributed by atoms with Gasteiger partial charge >= 0.3 is 5.69 Å². The molecular formula is C13H16N4O4S. The van der Waals surface area contributed by atoms with E-state index in [1.807, 2.05) is 13.0 Å². The van der Waals surface area contributed by atoms with Crippen LogP contribution >= 0.6 is 0 Å². The minimum Gasteiger partial charge on any atom is -0.378 e. The molecule has 0 aliphatic heterocycles. The summed E-state index contributed by atoms with van der Waals surface area (Å²) in [6.07, 6.45) is 1.32. The van der Waals surface area contributed by atoms with Gasteiger partial charge in [-0.05, 0) is 31.0 Å². The smallest absolute Gasteiger partial charge is 0.330 e. The van der Waals surface area contributed by atoms with Crippen LogP contribution in [0.2, 0.25) is 0 Å². The molecule has 0 unspecified atom stereocenters. The first-order valence-corrected chi connectivity index (χ1v) is 8.21. The van der Waals surface area contributed by atoms with Crippen molar-refractivity contribution in [1.29, 1.82) is 0 Å². The first-order valence-electron chi connectivity index (χ1n) is 6.56. The Labute approximate surface area is 127 Å². The Kier molecular flexibility index (Phi) is 4.45. The van der Waals surface area contributed by atoms with E-state index in [2.05, 4.69) is 5.10 Å². The van der Waals surface area contributed by atoms with E-state index >= 15 is 0 Å². The molecular weight excluding hydrogens is 308 g/mol. The molecule has 0 bridgehead atoms. The van der Waals surface area contributed by atoms with E-state index in [9.17, 15) is 18.5 Å². The number of benzene rings is 1. The zero-order valence-electron chi connectivity index (χ0n) is 12.0. The van der Waals surface area contributed by atoms with Gasteiger partial charge in [-0.1, -0.05) is 12.1 Å². The van der Waals surface area contributed by atoms with Gasteiger partial charge < -0.3 is 5.73 Å². The van der Waals surface area contributed by atoms with Gasteiger partial charge in [-0.2, -0.15) is 5.10 Å². The lowest BCUT2D eigenvalue weighted by molar-refractivity contribution is -0.384. The van der Waals surface area contributed by atoms with Crippen molar-refractivity contribution in [2.45, 2.75) is 24.8 Å². The Hall–Kier alpha value is -2.42. The van der Waals surface area contributed by atoms with Crippen LogP contribution in [-0.2, 0) is 16.4 Å². The maximum absolute atomic E-state index is 12.2. The van der Waals surface area contributed by atoms with Crippen LogP contribution in [0.25, 0.3) is 0 Å². The van der Waals surface area contributed by atoms with E-state index in [0.717, 1.165) is 11.8 Å². The van der Waals surface area contributed by atoms with E-state index in [4.69, 9.17) is 5.73 Å². The van der Waals surface area contributed by atoms with E-state index < -0.39 is 14.8 Å². The Bertz CT molecular complexity index is 798. The van der Waals surface area contributed by atoms with Crippen molar-refractivity contribution in [2.75, 3.05) is 11.5 Å². The summed E-state index contributed by atoms with van der Waals surface area (Å²) in [7, 11) is -3.39. The Morgan fingerprint density at radius 1 is 1.41 bits per heavy atom. The molecule has 0 fully saturated rings. The summed E-state index contributed by atoms with van der Waals surface area (Å²) < 4.78 is 25.6. The monoisotopic (exact) mass is 324 g/mol. The van der Waals surface area contributed by atoms with Crippen LogP contribution in [0.5, 0.6) is 0 Å². The SMILES string of the molecule is Cc1cccc(S(=O)(=O)CCCn2ncc([N+](=O)[O-])c2N)c1. The molecule has 0 aliphatic rings. The quantitative estimate of drug-likeness (QED) is 0.635. The highest BCUT2D eigenvalue weighted by atomic mass is 32.2. The molecule has 2 N–H and O–H groups in total. The summed E-state index contributed by atoms with van der Waals surface area (Å²) in [4.78, 5) is 10.3. The first-order chi connectivity index (χ1) is 10.3. The van der Waals surface area contributed by atoms with Gasteiger partial charge in [0.15, 0.2) is 9.84 Å². The molecule has 8 nitrogen and oxygen atoms in total. The predicted molar refractivity (Wildman–Crippen MR) is 81.1 cm³/mol. The van der Waals surface area contributed by atoms with Crippen LogP contribution in [-0.4, -0.2) is 28.9 Å². The van der Waals surface area contributed by atoms with Crippen molar-refractivity contribution < 1.29 is 13.3 Å². The topological polar surface area (TPSA) is 121 Å². The van der Waals surface area contributed by atoms with Gasteiger partial charge in [-0.3, -0.25) is 10.1 Å². The average Bonchev–Trinajstić information content (AvgIpc) is 2.80. The van der Waals surface area contributed by atoms with Crippen molar-refractivity contribution in [2.24, 2.45) is 0 Å². The molecule has 22 heavy (non-hydrogen) atoms. The van der Waals surface area contributed by atoms with Gasteiger partial charge in [0.2, 0.25) is 5.82 Å². The number of nitrogens with two attached hydrogens (primary N) is 1. The van der Waals surface area contributed by atoms with Crippen molar-refractivity contribution in [3.8, 4) is 0 Å². The van der Waals surface area contributed by atoms with Gasteiger partial charge in [0.05, 0.1) is 15.6 Å². The van der Waals surface area contributed by atoms with Gasteiger partial charge in [-0.25, -0.2) is 13.1 Å². The highest BCUT2D eigenvalue weighted by Crippen LogP contribution is 2.20. The fraction of sp³-hybridized carbons (Fsp3) is 0.308. The molecule has 0 radical (unpaired) electrons. The number of hydrogen-bond acceptors (Lipinski definition) is 6. The fourth-order valence-corrected chi connectivity index (χ4v) is 3.43. The lowest BCUT2D eigenvalue weighted by Gasteiger charge is -2.06. The van der Waals surface area contributed by atoms with Gasteiger partial charge in [0, 0.05) is 6.54 Å². The minimum absolute atomic E-state index is 0.0713. The van der Waals surface area contributed by atoms with Crippen molar-refractivity contribution >= 4 is 21.3 Å². The molecule has 1 heterocycles. The number of anilines is 1. The van der Waals surface area contributed by atoms with Crippen LogP contribution in [0.4, 0.5) is 11.5 Å². The number of rotatable bonds is 6. The van der Waals surface area contributed by atoms with Crippen molar-refractivity contribution in [3.63, 3.8) is 0 Å². The molecule has 0 saturated heterocycles. The third-order valence-corrected chi connectivity index (χ3v) is 4.99. The van der Waals surface area contributed by atoms with E-state index in [1.165, 1.54) is 4.68 Å². The summed E-state index contributed by atoms with van der Waals surface area (Å²) in [5.74, 6) is -0.151. The van der Waals surface area contributed by atoms with Gasteiger partial charge in [0.1, 0.15) is 6.20 Å². The Morgan fingerprint density at radius 2 is 2.14 bits per heavy atom. The molecule has 9 heteroatoms. The number of hydrogen-bond donors (Lipinski definition) is 1. The highest BCUT2D eigenvalue weighted by Gasteiger charge is 2.19. The molecule has 118 valence electrons. The number of nitro groups is 1. The Balaban J connectivity index is 2.03. The van der Waals surface area contributed by atoms with Crippen LogP contribution in [0, 0.1) is 17.0 Å². The number of aromatic nitrogens is 2. The molecule has 2 aromatic rings. The molecule has 1 aromatic carbocycles. The zero-order valence-corrected chi connectivity index (χ0v) is 12.8. The maximum atomic E-state index is 12.2. The molecule has 0 spiro atoms. The third kappa shape index (κ3) is 3.42. The highest BCUT2D eigenvalue weighted by molar-refractivity contribution is 7.91. The van der Waals surface area contributed by atoms with Gasteiger partial charge in [0.25, 0.3) is 0 Å². The average molecular weight is 324 g/mol. The summed E-state index contributed by atoms with van der Waals surface area (Å²) in [6.45, 7) is 2.02. The fourth-order valence-electron chi connectivity index (χ4n) is 2.03. The third-order valence-electron chi connectivity index (χ3n) is 3.19. The Morgan fingerprint density at radius 3 is 2.73 bits per heavy atom. The number of nitrogens with zero attached hydrogens (tertiary/aromatic N) is 3. The van der Waals surface area contributed by atoms with Crippen LogP contribution in [0.15, 0.2) is 35.4 Å². The lowest BCUT2D eigenvalue weighted by Crippen LogP contribution is -2.12. The maximum Gasteiger partial charge on any atom is 0.330 e. The van der Waals surface area contributed by atoms with Crippen molar-refractivity contribution in [1.82, 2.24) is 9.78 Å². The minimum atomic E-state index is -3.39. The number of sulfone groups is 1. The summed E-state index contributed by atoms with van der Waals surface area (Å²) in [5, 5.41) is 14.5. The second-order valence-corrected chi connectivity index (χ2v) is 6.99. The summed E-state index contributed by atoms with van der Waals surface area (Å²) in [6, 6.07) is 6.68. The second-order valence-electron chi connectivity index (χ2n) is 4.88. The second kappa shape index (κ2) is 6.14. The molecule has 0 amide bonds. The number of aryl methyl sites for hydroxylation is 2. The standard InChI is InChI=1S/C13H16N4O4S/c1-10-4-2-5-11(8-10)22(20,21)7-3-6-16-13(14)12(9-15-16)17(18)19/h2,4-5,8-9H,3,6-7,14H2,1H3. The largest absolute Gasteiger partial charge is 0.378 e. The molecule has 0 aliphatic carbocycles. The van der Waals surface area contributed by atoms with Crippen LogP contribution in [0.3, 0.4) is 0 Å². The van der Waals surface area contributed by atoms with Crippen molar-refractivity contribution in [3.05, 3.63) is 46.1 Å². The van der Waals surface area contributed by atoms with Crippen LogP contribution < -0.4 is 5.73 Å². The van der Waals surface area contributed by atoms with E-state index in [1.54, 1.807) is 18.2 Å². The van der Waals surface area contributed by atoms with Gasteiger partial charge in [-0.15, -0.1) is 0 Å². The summed E-state index contributed by atoms with van der Waals surface area (Å²) >= 11 is 0. The molecule has 0 atom stereocenters. The van der Waals surface area contributed by atoms with E-state index in [0.29, 0.717) is 0 Å². The molecule has 0 saturated carbocycles. The molecule has 1 aromatic heterocycles. The first kappa shape index (κ1) is 16.0. The molecule has 2 rings (SSSR count). The van der Waals surface area contributed by atoms with E-state index in [-0.39, 0.29) is 35.1 Å².